The number of carbonyl (C=O) groups excluding carboxylic acids is 1. The molecule has 1 aromatic carbocycles. The summed E-state index contributed by atoms with van der Waals surface area (Å²) in [5, 5.41) is 0.965. The van der Waals surface area contributed by atoms with Gasteiger partial charge < -0.3 is 20.4 Å². The van der Waals surface area contributed by atoms with Crippen molar-refractivity contribution in [3.63, 3.8) is 0 Å². The predicted molar refractivity (Wildman–Crippen MR) is 82.2 cm³/mol. The van der Waals surface area contributed by atoms with Gasteiger partial charge in [-0.2, -0.15) is 0 Å². The molecule has 2 aromatic rings. The number of methoxy groups -OCH3 is 1. The molecule has 2 atom stereocenters. The zero-order valence-electron chi connectivity index (χ0n) is 12.2. The van der Waals surface area contributed by atoms with Gasteiger partial charge in [0, 0.05) is 48.9 Å². The quantitative estimate of drug-likeness (QED) is 0.903. The number of likely N-dealkylation sites (tertiary alicyclic amines) is 1. The Labute approximate surface area is 124 Å². The molecule has 1 fully saturated rings. The van der Waals surface area contributed by atoms with Crippen LogP contribution in [0.5, 0.6) is 0 Å². The van der Waals surface area contributed by atoms with E-state index in [1.54, 1.807) is 7.11 Å². The summed E-state index contributed by atoms with van der Waals surface area (Å²) in [6.07, 6.45) is 3.73. The van der Waals surface area contributed by atoms with Crippen LogP contribution in [-0.2, 0) is 4.74 Å². The molecule has 1 amide bonds. The molecule has 0 spiro atoms. The maximum absolute atomic E-state index is 12.9. The Hall–Kier alpha value is -1.85. The summed E-state index contributed by atoms with van der Waals surface area (Å²) in [5.41, 5.74) is 7.59. The minimum Gasteiger partial charge on any atom is -0.381 e. The first kappa shape index (κ1) is 14.1. The lowest BCUT2D eigenvalue weighted by molar-refractivity contribution is 0.0140. The van der Waals surface area contributed by atoms with Gasteiger partial charge in [-0.15, -0.1) is 0 Å². The van der Waals surface area contributed by atoms with E-state index in [9.17, 15) is 4.79 Å². The van der Waals surface area contributed by atoms with Gasteiger partial charge in [0.25, 0.3) is 5.91 Å². The molecule has 1 aliphatic rings. The number of hydrogen-bond donors (Lipinski definition) is 2. The molecule has 5 nitrogen and oxygen atoms in total. The maximum atomic E-state index is 12.9. The van der Waals surface area contributed by atoms with E-state index in [1.165, 1.54) is 0 Å². The van der Waals surface area contributed by atoms with Gasteiger partial charge in [0.05, 0.1) is 6.10 Å². The highest BCUT2D eigenvalue weighted by Gasteiger charge is 2.31. The van der Waals surface area contributed by atoms with Crippen LogP contribution >= 0.6 is 0 Å². The molecule has 1 aromatic heterocycles. The van der Waals surface area contributed by atoms with E-state index in [0.29, 0.717) is 13.1 Å². The van der Waals surface area contributed by atoms with Gasteiger partial charge in [-0.05, 0) is 31.0 Å². The molecule has 0 saturated carbocycles. The van der Waals surface area contributed by atoms with Crippen LogP contribution in [0.15, 0.2) is 30.5 Å². The van der Waals surface area contributed by atoms with E-state index < -0.39 is 0 Å². The zero-order valence-corrected chi connectivity index (χ0v) is 12.2. The smallest absolute Gasteiger partial charge is 0.254 e. The number of benzene rings is 1. The first-order valence-electron chi connectivity index (χ1n) is 7.34. The Morgan fingerprint density at radius 3 is 3.10 bits per heavy atom. The number of nitrogens with one attached hydrogen (secondary N) is 1. The summed E-state index contributed by atoms with van der Waals surface area (Å²) in [5.74, 6) is 0.0604. The van der Waals surface area contributed by atoms with Gasteiger partial charge in [-0.25, -0.2) is 0 Å². The number of aromatic nitrogens is 1. The molecule has 1 saturated heterocycles. The number of nitrogens with zero attached hydrogens (tertiary/aromatic N) is 1. The summed E-state index contributed by atoms with van der Waals surface area (Å²) in [4.78, 5) is 17.9. The number of piperidine rings is 1. The number of fused-ring (bicyclic) bond motifs is 1. The average molecular weight is 287 g/mol. The van der Waals surface area contributed by atoms with Crippen LogP contribution in [0.3, 0.4) is 0 Å². The number of nitrogens with two attached hydrogens (primary N) is 1. The maximum Gasteiger partial charge on any atom is 0.254 e. The lowest BCUT2D eigenvalue weighted by Crippen LogP contribution is -2.51. The molecular weight excluding hydrogens is 266 g/mol. The topological polar surface area (TPSA) is 71.3 Å². The number of aromatic amines is 1. The van der Waals surface area contributed by atoms with Crippen LogP contribution in [0.4, 0.5) is 0 Å². The third-order valence-corrected chi connectivity index (χ3v) is 4.36. The number of hydrogen-bond acceptors (Lipinski definition) is 3. The van der Waals surface area contributed by atoms with E-state index in [0.717, 1.165) is 29.3 Å². The second kappa shape index (κ2) is 5.87. The number of carbonyl (C=O) groups is 1. The Morgan fingerprint density at radius 2 is 2.33 bits per heavy atom. The molecule has 3 N–H and O–H groups in total. The van der Waals surface area contributed by atoms with E-state index in [-0.39, 0.29) is 18.1 Å². The fraction of sp³-hybridized carbons (Fsp3) is 0.438. The van der Waals surface area contributed by atoms with Crippen molar-refractivity contribution in [1.29, 1.82) is 0 Å². The van der Waals surface area contributed by atoms with Gasteiger partial charge in [0.2, 0.25) is 0 Å². The highest BCUT2D eigenvalue weighted by atomic mass is 16.5. The Morgan fingerprint density at radius 1 is 1.48 bits per heavy atom. The molecule has 0 aliphatic carbocycles. The second-order valence-electron chi connectivity index (χ2n) is 5.51. The third kappa shape index (κ3) is 2.54. The average Bonchev–Trinajstić information content (AvgIpc) is 3.02. The van der Waals surface area contributed by atoms with Crippen molar-refractivity contribution >= 4 is 16.8 Å². The minimum absolute atomic E-state index is 0.0467. The number of ether oxygens (including phenoxy) is 1. The van der Waals surface area contributed by atoms with Crippen molar-refractivity contribution in [3.05, 3.63) is 36.0 Å². The zero-order chi connectivity index (χ0) is 14.8. The van der Waals surface area contributed by atoms with Crippen LogP contribution < -0.4 is 5.73 Å². The van der Waals surface area contributed by atoms with Gasteiger partial charge in [0.15, 0.2) is 0 Å². The fourth-order valence-electron chi connectivity index (χ4n) is 3.15. The molecule has 2 heterocycles. The van der Waals surface area contributed by atoms with Gasteiger partial charge in [-0.1, -0.05) is 6.07 Å². The molecule has 1 aliphatic heterocycles. The Bertz CT molecular complexity index is 637. The first-order chi connectivity index (χ1) is 10.2. The summed E-state index contributed by atoms with van der Waals surface area (Å²) in [7, 11) is 1.72. The minimum atomic E-state index is 0.0467. The van der Waals surface area contributed by atoms with Crippen LogP contribution in [-0.4, -0.2) is 48.1 Å². The molecule has 2 unspecified atom stereocenters. The Balaban J connectivity index is 1.89. The van der Waals surface area contributed by atoms with Gasteiger partial charge >= 0.3 is 0 Å². The standard InChI is InChI=1S/C16H21N3O2/c1-21-12-6-8-19(11(9-12)10-17)16(20)14-3-2-4-15-13(14)5-7-18-15/h2-5,7,11-12,18H,6,8-10,17H2,1H3. The highest BCUT2D eigenvalue weighted by Crippen LogP contribution is 2.24. The largest absolute Gasteiger partial charge is 0.381 e. The first-order valence-corrected chi connectivity index (χ1v) is 7.34. The highest BCUT2D eigenvalue weighted by molar-refractivity contribution is 6.06. The van der Waals surface area contributed by atoms with Gasteiger partial charge in [0.1, 0.15) is 0 Å². The molecule has 112 valence electrons. The van der Waals surface area contributed by atoms with E-state index in [1.807, 2.05) is 35.4 Å². The van der Waals surface area contributed by atoms with Crippen LogP contribution in [0.25, 0.3) is 10.9 Å². The van der Waals surface area contributed by atoms with Crippen molar-refractivity contribution in [1.82, 2.24) is 9.88 Å². The van der Waals surface area contributed by atoms with Crippen molar-refractivity contribution in [2.24, 2.45) is 5.73 Å². The number of H-pyrrole nitrogens is 1. The van der Waals surface area contributed by atoms with Gasteiger partial charge in [-0.3, -0.25) is 4.79 Å². The molecule has 3 rings (SSSR count). The van der Waals surface area contributed by atoms with E-state index in [2.05, 4.69) is 4.98 Å². The Kier molecular flexibility index (Phi) is 3.94. The molecule has 5 heteroatoms. The molecular formula is C16H21N3O2. The molecule has 0 bridgehead atoms. The molecule has 21 heavy (non-hydrogen) atoms. The van der Waals surface area contributed by atoms with Crippen molar-refractivity contribution in [2.75, 3.05) is 20.2 Å². The van der Waals surface area contributed by atoms with Crippen molar-refractivity contribution in [3.8, 4) is 0 Å². The van der Waals surface area contributed by atoms with Crippen molar-refractivity contribution in [2.45, 2.75) is 25.0 Å². The monoisotopic (exact) mass is 287 g/mol. The third-order valence-electron chi connectivity index (χ3n) is 4.36. The summed E-state index contributed by atoms with van der Waals surface area (Å²) in [6.45, 7) is 1.16. The lowest BCUT2D eigenvalue weighted by atomic mass is 9.97. The van der Waals surface area contributed by atoms with Crippen LogP contribution in [0.1, 0.15) is 23.2 Å². The second-order valence-corrected chi connectivity index (χ2v) is 5.51. The summed E-state index contributed by atoms with van der Waals surface area (Å²) in [6, 6.07) is 7.76. The van der Waals surface area contributed by atoms with E-state index >= 15 is 0 Å². The molecule has 0 radical (unpaired) electrons. The van der Waals surface area contributed by atoms with Crippen molar-refractivity contribution < 1.29 is 9.53 Å². The van der Waals surface area contributed by atoms with E-state index in [4.69, 9.17) is 10.5 Å². The predicted octanol–water partition coefficient (Wildman–Crippen LogP) is 1.75. The fourth-order valence-corrected chi connectivity index (χ4v) is 3.15. The number of amides is 1. The van der Waals surface area contributed by atoms with Crippen LogP contribution in [0.2, 0.25) is 0 Å². The normalized spacial score (nSPS) is 22.7. The summed E-state index contributed by atoms with van der Waals surface area (Å²) >= 11 is 0. The summed E-state index contributed by atoms with van der Waals surface area (Å²) < 4.78 is 5.42. The number of rotatable bonds is 3. The lowest BCUT2D eigenvalue weighted by Gasteiger charge is -2.38. The van der Waals surface area contributed by atoms with Crippen LogP contribution in [0, 0.1) is 0 Å². The SMILES string of the molecule is COC1CCN(C(=O)c2cccc3[nH]ccc23)C(CN)C1.